The molecule has 1 aromatic heterocycles. The Morgan fingerprint density at radius 3 is 2.83 bits per heavy atom. The van der Waals surface area contributed by atoms with E-state index in [0.29, 0.717) is 0 Å². The summed E-state index contributed by atoms with van der Waals surface area (Å²) in [5.41, 5.74) is -0.507. The SMILES string of the molecule is CSc1ncc(C(=O)O)c(F)n1. The van der Waals surface area contributed by atoms with Gasteiger partial charge in [0, 0.05) is 6.20 Å². The second kappa shape index (κ2) is 3.48. The zero-order chi connectivity index (χ0) is 9.14. The van der Waals surface area contributed by atoms with Crippen LogP contribution in [0.3, 0.4) is 0 Å². The van der Waals surface area contributed by atoms with E-state index in [4.69, 9.17) is 5.11 Å². The van der Waals surface area contributed by atoms with E-state index in [1.54, 1.807) is 6.26 Å². The maximum absolute atomic E-state index is 12.7. The number of aromatic carboxylic acids is 1. The first-order valence-corrected chi connectivity index (χ1v) is 4.17. The predicted molar refractivity (Wildman–Crippen MR) is 40.7 cm³/mol. The van der Waals surface area contributed by atoms with Crippen LogP contribution in [-0.2, 0) is 0 Å². The highest BCUT2D eigenvalue weighted by Gasteiger charge is 2.12. The molecule has 0 aliphatic rings. The molecule has 0 aromatic carbocycles. The number of nitrogens with zero attached hydrogens (tertiary/aromatic N) is 2. The molecule has 0 unspecified atom stereocenters. The first kappa shape index (κ1) is 8.92. The van der Waals surface area contributed by atoms with E-state index in [1.165, 1.54) is 0 Å². The Hall–Kier alpha value is -1.17. The molecular weight excluding hydrogens is 183 g/mol. The van der Waals surface area contributed by atoms with Gasteiger partial charge in [-0.1, -0.05) is 11.8 Å². The standard InChI is InChI=1S/C6H5FN2O2S/c1-12-6-8-2-3(5(10)11)4(7)9-6/h2H,1H3,(H,10,11). The van der Waals surface area contributed by atoms with Crippen molar-refractivity contribution < 1.29 is 14.3 Å². The molecule has 0 radical (unpaired) electrons. The van der Waals surface area contributed by atoms with Crippen molar-refractivity contribution in [3.05, 3.63) is 17.7 Å². The Morgan fingerprint density at radius 1 is 1.75 bits per heavy atom. The fourth-order valence-electron chi connectivity index (χ4n) is 0.588. The Bertz CT molecular complexity index is 318. The van der Waals surface area contributed by atoms with Crippen LogP contribution in [0.5, 0.6) is 0 Å². The van der Waals surface area contributed by atoms with Gasteiger partial charge in [-0.25, -0.2) is 9.78 Å². The van der Waals surface area contributed by atoms with Crippen molar-refractivity contribution in [2.45, 2.75) is 5.16 Å². The van der Waals surface area contributed by atoms with Crippen LogP contribution in [-0.4, -0.2) is 27.3 Å². The number of rotatable bonds is 2. The van der Waals surface area contributed by atoms with Gasteiger partial charge in [-0.2, -0.15) is 9.37 Å². The first-order valence-electron chi connectivity index (χ1n) is 2.95. The average molecular weight is 188 g/mol. The van der Waals surface area contributed by atoms with Gasteiger partial charge in [0.15, 0.2) is 5.16 Å². The number of halogens is 1. The number of carbonyl (C=O) groups is 1. The molecule has 0 saturated heterocycles. The van der Waals surface area contributed by atoms with E-state index in [-0.39, 0.29) is 5.16 Å². The fraction of sp³-hybridized carbons (Fsp3) is 0.167. The Balaban J connectivity index is 3.12. The third kappa shape index (κ3) is 1.70. The second-order valence-corrected chi connectivity index (χ2v) is 2.64. The summed E-state index contributed by atoms with van der Waals surface area (Å²) < 4.78 is 12.7. The molecule has 0 saturated carbocycles. The van der Waals surface area contributed by atoms with Crippen LogP contribution >= 0.6 is 11.8 Å². The quantitative estimate of drug-likeness (QED) is 0.426. The number of aromatic nitrogens is 2. The van der Waals surface area contributed by atoms with Crippen molar-refractivity contribution in [2.75, 3.05) is 6.26 Å². The third-order valence-corrected chi connectivity index (χ3v) is 1.69. The number of hydrogen-bond donors (Lipinski definition) is 1. The van der Waals surface area contributed by atoms with Crippen LogP contribution < -0.4 is 0 Å². The van der Waals surface area contributed by atoms with Crippen molar-refractivity contribution in [1.29, 1.82) is 0 Å². The summed E-state index contributed by atoms with van der Waals surface area (Å²) in [6.45, 7) is 0. The molecule has 0 atom stereocenters. The van der Waals surface area contributed by atoms with Crippen molar-refractivity contribution in [1.82, 2.24) is 9.97 Å². The molecule has 1 heterocycles. The van der Waals surface area contributed by atoms with Gasteiger partial charge < -0.3 is 5.11 Å². The van der Waals surface area contributed by atoms with Crippen molar-refractivity contribution in [3.63, 3.8) is 0 Å². The molecule has 6 heteroatoms. The summed E-state index contributed by atoms with van der Waals surface area (Å²) in [6.07, 6.45) is 2.63. The van der Waals surface area contributed by atoms with E-state index >= 15 is 0 Å². The average Bonchev–Trinajstić information content (AvgIpc) is 2.03. The molecule has 0 bridgehead atoms. The smallest absolute Gasteiger partial charge is 0.341 e. The van der Waals surface area contributed by atoms with Gasteiger partial charge in [0.2, 0.25) is 5.95 Å². The highest BCUT2D eigenvalue weighted by Crippen LogP contribution is 2.10. The molecule has 1 rings (SSSR count). The normalized spacial score (nSPS) is 9.83. The lowest BCUT2D eigenvalue weighted by Gasteiger charge is -1.96. The summed E-state index contributed by atoms with van der Waals surface area (Å²) in [7, 11) is 0. The van der Waals surface area contributed by atoms with E-state index in [0.717, 1.165) is 18.0 Å². The first-order chi connectivity index (χ1) is 5.65. The molecule has 1 aromatic rings. The number of carboxylic acid groups (broad SMARTS) is 1. The largest absolute Gasteiger partial charge is 0.477 e. The third-order valence-electron chi connectivity index (χ3n) is 1.13. The van der Waals surface area contributed by atoms with Crippen LogP contribution in [0.4, 0.5) is 4.39 Å². The summed E-state index contributed by atoms with van der Waals surface area (Å²) in [6, 6.07) is 0. The van der Waals surface area contributed by atoms with Crippen LogP contribution in [0, 0.1) is 5.95 Å². The number of carboxylic acids is 1. The Morgan fingerprint density at radius 2 is 2.42 bits per heavy atom. The molecule has 0 aliphatic heterocycles. The molecule has 0 spiro atoms. The Kier molecular flexibility index (Phi) is 2.59. The van der Waals surface area contributed by atoms with E-state index in [2.05, 4.69) is 9.97 Å². The number of hydrogen-bond acceptors (Lipinski definition) is 4. The summed E-state index contributed by atoms with van der Waals surface area (Å²) >= 11 is 1.15. The van der Waals surface area contributed by atoms with Gasteiger partial charge in [0.05, 0.1) is 0 Å². The minimum atomic E-state index is -1.36. The minimum Gasteiger partial charge on any atom is -0.477 e. The lowest BCUT2D eigenvalue weighted by Crippen LogP contribution is -2.04. The molecule has 12 heavy (non-hydrogen) atoms. The van der Waals surface area contributed by atoms with Gasteiger partial charge >= 0.3 is 5.97 Å². The maximum Gasteiger partial charge on any atom is 0.341 e. The highest BCUT2D eigenvalue weighted by atomic mass is 32.2. The zero-order valence-corrected chi connectivity index (χ0v) is 6.93. The maximum atomic E-state index is 12.7. The van der Waals surface area contributed by atoms with Gasteiger partial charge in [0.1, 0.15) is 5.56 Å². The van der Waals surface area contributed by atoms with E-state index < -0.39 is 17.5 Å². The summed E-state index contributed by atoms with van der Waals surface area (Å²) in [5.74, 6) is -2.36. The summed E-state index contributed by atoms with van der Waals surface area (Å²) in [4.78, 5) is 17.2. The van der Waals surface area contributed by atoms with Crippen molar-refractivity contribution in [2.24, 2.45) is 0 Å². The van der Waals surface area contributed by atoms with Crippen LogP contribution in [0.15, 0.2) is 11.4 Å². The second-order valence-electron chi connectivity index (χ2n) is 1.87. The van der Waals surface area contributed by atoms with Gasteiger partial charge in [-0.15, -0.1) is 0 Å². The lowest BCUT2D eigenvalue weighted by molar-refractivity contribution is 0.0689. The molecular formula is C6H5FN2O2S. The fourth-order valence-corrected chi connectivity index (χ4v) is 0.917. The van der Waals surface area contributed by atoms with Crippen molar-refractivity contribution in [3.8, 4) is 0 Å². The highest BCUT2D eigenvalue weighted by molar-refractivity contribution is 7.98. The van der Waals surface area contributed by atoms with E-state index in [9.17, 15) is 9.18 Å². The van der Waals surface area contributed by atoms with Gasteiger partial charge in [0.25, 0.3) is 0 Å². The molecule has 4 nitrogen and oxygen atoms in total. The lowest BCUT2D eigenvalue weighted by atomic mass is 10.3. The molecule has 0 fully saturated rings. The van der Waals surface area contributed by atoms with Crippen molar-refractivity contribution >= 4 is 17.7 Å². The topological polar surface area (TPSA) is 63.1 Å². The molecule has 0 amide bonds. The van der Waals surface area contributed by atoms with Crippen LogP contribution in [0.2, 0.25) is 0 Å². The van der Waals surface area contributed by atoms with Crippen LogP contribution in [0.25, 0.3) is 0 Å². The van der Waals surface area contributed by atoms with Gasteiger partial charge in [-0.05, 0) is 6.26 Å². The summed E-state index contributed by atoms with van der Waals surface area (Å²) in [5, 5.41) is 8.62. The predicted octanol–water partition coefficient (Wildman–Crippen LogP) is 1.04. The van der Waals surface area contributed by atoms with E-state index in [1.807, 2.05) is 0 Å². The molecule has 64 valence electrons. The number of thioether (sulfide) groups is 1. The van der Waals surface area contributed by atoms with Crippen LogP contribution in [0.1, 0.15) is 10.4 Å². The molecule has 0 aliphatic carbocycles. The van der Waals surface area contributed by atoms with Gasteiger partial charge in [-0.3, -0.25) is 0 Å². The molecule has 1 N–H and O–H groups in total. The minimum absolute atomic E-state index is 0.220. The Labute approximate surface area is 71.8 Å². The monoisotopic (exact) mass is 188 g/mol. The zero-order valence-electron chi connectivity index (χ0n) is 6.11.